The molecule has 0 bridgehead atoms. The molecule has 0 aromatic heterocycles. The van der Waals surface area contributed by atoms with E-state index in [2.05, 4.69) is 30.8 Å². The van der Waals surface area contributed by atoms with Gasteiger partial charge in [0, 0.05) is 25.2 Å². The predicted octanol–water partition coefficient (Wildman–Crippen LogP) is 1.78. The molecule has 18 heavy (non-hydrogen) atoms. The molecule has 1 aliphatic carbocycles. The van der Waals surface area contributed by atoms with Crippen molar-refractivity contribution in [2.24, 2.45) is 17.6 Å². The maximum Gasteiger partial charge on any atom is 0.0331 e. The molecule has 1 saturated heterocycles. The highest BCUT2D eigenvalue weighted by Gasteiger charge is 2.38. The summed E-state index contributed by atoms with van der Waals surface area (Å²) < 4.78 is 0. The Labute approximate surface area is 113 Å². The second kappa shape index (κ2) is 5.89. The predicted molar refractivity (Wildman–Crippen MR) is 77.7 cm³/mol. The van der Waals surface area contributed by atoms with Gasteiger partial charge in [-0.2, -0.15) is 0 Å². The van der Waals surface area contributed by atoms with Gasteiger partial charge in [-0.25, -0.2) is 0 Å². The zero-order valence-corrected chi connectivity index (χ0v) is 12.5. The molecule has 1 saturated carbocycles. The summed E-state index contributed by atoms with van der Waals surface area (Å²) >= 11 is 0. The van der Waals surface area contributed by atoms with Crippen molar-refractivity contribution in [3.63, 3.8) is 0 Å². The lowest BCUT2D eigenvalue weighted by Gasteiger charge is -2.47. The van der Waals surface area contributed by atoms with E-state index in [4.69, 9.17) is 5.73 Å². The van der Waals surface area contributed by atoms with Gasteiger partial charge in [-0.15, -0.1) is 0 Å². The maximum absolute atomic E-state index is 6.15. The van der Waals surface area contributed by atoms with Crippen LogP contribution in [0.4, 0.5) is 0 Å². The summed E-state index contributed by atoms with van der Waals surface area (Å²) in [6.07, 6.45) is 6.70. The smallest absolute Gasteiger partial charge is 0.0331 e. The largest absolute Gasteiger partial charge is 0.329 e. The van der Waals surface area contributed by atoms with Gasteiger partial charge in [0.15, 0.2) is 0 Å². The minimum absolute atomic E-state index is 0.291. The minimum atomic E-state index is 0.291. The fourth-order valence-electron chi connectivity index (χ4n) is 4.08. The highest BCUT2D eigenvalue weighted by Crippen LogP contribution is 2.36. The van der Waals surface area contributed by atoms with E-state index in [-0.39, 0.29) is 0 Å². The van der Waals surface area contributed by atoms with E-state index in [9.17, 15) is 0 Å². The number of hydrogen-bond acceptors (Lipinski definition) is 3. The van der Waals surface area contributed by atoms with Crippen LogP contribution in [-0.4, -0.2) is 55.6 Å². The first kappa shape index (κ1) is 14.3. The van der Waals surface area contributed by atoms with Crippen LogP contribution in [0.5, 0.6) is 0 Å². The van der Waals surface area contributed by atoms with Gasteiger partial charge >= 0.3 is 0 Å². The lowest BCUT2D eigenvalue weighted by molar-refractivity contribution is 0.0500. The Morgan fingerprint density at radius 2 is 2.17 bits per heavy atom. The van der Waals surface area contributed by atoms with Crippen molar-refractivity contribution in [2.75, 3.05) is 40.3 Å². The summed E-state index contributed by atoms with van der Waals surface area (Å²) in [5.41, 5.74) is 6.44. The summed E-state index contributed by atoms with van der Waals surface area (Å²) in [4.78, 5) is 5.06. The average molecular weight is 253 g/mol. The molecule has 2 fully saturated rings. The van der Waals surface area contributed by atoms with E-state index in [1.165, 1.54) is 51.7 Å². The van der Waals surface area contributed by atoms with Crippen LogP contribution in [0.15, 0.2) is 0 Å². The standard InChI is InChI=1S/C15H31N3/c1-13-5-4-7-15(9-13,12-16)18(3)11-14-6-8-17(2)10-14/h13-14H,4-12,16H2,1-3H3. The second-order valence-electron chi connectivity index (χ2n) is 6.93. The number of nitrogens with zero attached hydrogens (tertiary/aromatic N) is 2. The van der Waals surface area contributed by atoms with Crippen LogP contribution in [0.3, 0.4) is 0 Å². The van der Waals surface area contributed by atoms with Crippen LogP contribution in [0.1, 0.15) is 39.0 Å². The number of likely N-dealkylation sites (N-methyl/N-ethyl adjacent to an activating group) is 1. The third-order valence-corrected chi connectivity index (χ3v) is 5.28. The summed E-state index contributed by atoms with van der Waals surface area (Å²) in [5, 5.41) is 0. The van der Waals surface area contributed by atoms with Crippen LogP contribution in [0.25, 0.3) is 0 Å². The first-order chi connectivity index (χ1) is 8.55. The molecule has 2 rings (SSSR count). The Morgan fingerprint density at radius 3 is 2.72 bits per heavy atom. The first-order valence-corrected chi connectivity index (χ1v) is 7.65. The molecule has 1 heterocycles. The quantitative estimate of drug-likeness (QED) is 0.829. The monoisotopic (exact) mass is 253 g/mol. The summed E-state index contributed by atoms with van der Waals surface area (Å²) in [6.45, 7) is 6.98. The van der Waals surface area contributed by atoms with Crippen LogP contribution in [0, 0.1) is 11.8 Å². The SMILES string of the molecule is CC1CCCC(CN)(N(C)CC2CCN(C)C2)C1. The number of hydrogen-bond donors (Lipinski definition) is 1. The maximum atomic E-state index is 6.15. The molecule has 0 aromatic rings. The molecule has 3 unspecified atom stereocenters. The third-order valence-electron chi connectivity index (χ3n) is 5.28. The molecule has 3 atom stereocenters. The van der Waals surface area contributed by atoms with Gasteiger partial charge in [0.1, 0.15) is 0 Å². The van der Waals surface area contributed by atoms with Crippen molar-refractivity contribution in [3.05, 3.63) is 0 Å². The van der Waals surface area contributed by atoms with E-state index >= 15 is 0 Å². The van der Waals surface area contributed by atoms with E-state index in [1.807, 2.05) is 0 Å². The highest BCUT2D eigenvalue weighted by molar-refractivity contribution is 4.95. The van der Waals surface area contributed by atoms with Crippen LogP contribution in [0.2, 0.25) is 0 Å². The molecule has 0 spiro atoms. The summed E-state index contributed by atoms with van der Waals surface area (Å²) in [6, 6.07) is 0. The molecule has 3 heteroatoms. The summed E-state index contributed by atoms with van der Waals surface area (Å²) in [5.74, 6) is 1.69. The Bertz CT molecular complexity index is 268. The minimum Gasteiger partial charge on any atom is -0.329 e. The second-order valence-corrected chi connectivity index (χ2v) is 6.93. The molecule has 0 radical (unpaired) electrons. The fraction of sp³-hybridized carbons (Fsp3) is 1.00. The van der Waals surface area contributed by atoms with E-state index in [0.29, 0.717) is 5.54 Å². The zero-order chi connectivity index (χ0) is 13.2. The molecule has 2 N–H and O–H groups in total. The van der Waals surface area contributed by atoms with Gasteiger partial charge in [0.05, 0.1) is 0 Å². The Morgan fingerprint density at radius 1 is 1.39 bits per heavy atom. The van der Waals surface area contributed by atoms with Crippen LogP contribution >= 0.6 is 0 Å². The van der Waals surface area contributed by atoms with Crippen LogP contribution < -0.4 is 5.73 Å². The topological polar surface area (TPSA) is 32.5 Å². The Hall–Kier alpha value is -0.120. The van der Waals surface area contributed by atoms with Gasteiger partial charge in [0.2, 0.25) is 0 Å². The molecule has 3 nitrogen and oxygen atoms in total. The van der Waals surface area contributed by atoms with Crippen molar-refractivity contribution in [1.29, 1.82) is 0 Å². The molecule has 0 aromatic carbocycles. The van der Waals surface area contributed by atoms with Gasteiger partial charge in [0.25, 0.3) is 0 Å². The Kier molecular flexibility index (Phi) is 4.68. The van der Waals surface area contributed by atoms with Crippen molar-refractivity contribution in [3.8, 4) is 0 Å². The van der Waals surface area contributed by atoms with Gasteiger partial charge < -0.3 is 10.6 Å². The van der Waals surface area contributed by atoms with Crippen molar-refractivity contribution in [2.45, 2.75) is 44.6 Å². The molecule has 1 aliphatic heterocycles. The first-order valence-electron chi connectivity index (χ1n) is 7.65. The van der Waals surface area contributed by atoms with Gasteiger partial charge in [-0.05, 0) is 51.7 Å². The van der Waals surface area contributed by atoms with Crippen molar-refractivity contribution < 1.29 is 0 Å². The van der Waals surface area contributed by atoms with Crippen LogP contribution in [-0.2, 0) is 0 Å². The van der Waals surface area contributed by atoms with E-state index in [1.54, 1.807) is 0 Å². The summed E-state index contributed by atoms with van der Waals surface area (Å²) in [7, 11) is 4.55. The zero-order valence-electron chi connectivity index (χ0n) is 12.5. The van der Waals surface area contributed by atoms with E-state index < -0.39 is 0 Å². The molecular formula is C15H31N3. The van der Waals surface area contributed by atoms with Gasteiger partial charge in [-0.1, -0.05) is 19.8 Å². The lowest BCUT2D eigenvalue weighted by Crippen LogP contribution is -2.55. The lowest BCUT2D eigenvalue weighted by atomic mass is 9.75. The molecule has 2 aliphatic rings. The molecular weight excluding hydrogens is 222 g/mol. The van der Waals surface area contributed by atoms with Gasteiger partial charge in [-0.3, -0.25) is 4.90 Å². The molecule has 0 amide bonds. The Balaban J connectivity index is 1.94. The van der Waals surface area contributed by atoms with Crippen molar-refractivity contribution in [1.82, 2.24) is 9.80 Å². The average Bonchev–Trinajstić information content (AvgIpc) is 2.74. The number of likely N-dealkylation sites (tertiary alicyclic amines) is 1. The highest BCUT2D eigenvalue weighted by atomic mass is 15.2. The third kappa shape index (κ3) is 3.06. The normalized spacial score (nSPS) is 38.5. The number of nitrogens with two attached hydrogens (primary N) is 1. The van der Waals surface area contributed by atoms with E-state index in [0.717, 1.165) is 18.4 Å². The number of rotatable bonds is 4. The molecule has 106 valence electrons. The van der Waals surface area contributed by atoms with Crippen molar-refractivity contribution >= 4 is 0 Å². The fourth-order valence-corrected chi connectivity index (χ4v) is 4.08.